The maximum absolute atomic E-state index is 13.3. The van der Waals surface area contributed by atoms with Gasteiger partial charge in [-0.25, -0.2) is 0 Å². The summed E-state index contributed by atoms with van der Waals surface area (Å²) in [6.45, 7) is 7.17. The number of hydrogen-bond donors (Lipinski definition) is 1. The third kappa shape index (κ3) is 5.46. The van der Waals surface area contributed by atoms with E-state index in [-0.39, 0.29) is 23.8 Å². The Kier molecular flexibility index (Phi) is 7.00. The quantitative estimate of drug-likeness (QED) is 0.315. The molecule has 0 saturated carbocycles. The fourth-order valence-corrected chi connectivity index (χ4v) is 4.71. The Hall–Kier alpha value is -4.03. The van der Waals surface area contributed by atoms with Crippen molar-refractivity contribution in [2.24, 2.45) is 0 Å². The molecular weight excluding hydrogens is 498 g/mol. The molecule has 4 aromatic rings. The summed E-state index contributed by atoms with van der Waals surface area (Å²) in [6, 6.07) is 26.3. The van der Waals surface area contributed by atoms with Crippen LogP contribution in [0.1, 0.15) is 48.1 Å². The number of fused-ring (bicyclic) bond motifs is 2. The van der Waals surface area contributed by atoms with Gasteiger partial charge in [0, 0.05) is 22.1 Å². The standard InChI is InChI=1S/C31H30ClN3O3/c1-31(2,3)22-8-12-24(13-9-22)33-30(37)28-17-14-25-19-35(27-7-5-4-6-21(27)18-34(25)28)29(36)20-38-26-15-10-23(32)11-16-26/h4-17H,18-20H2,1-3H3,(H,33,37). The molecule has 1 aliphatic rings. The number of ether oxygens (including phenoxy) is 1. The van der Waals surface area contributed by atoms with E-state index in [4.69, 9.17) is 16.3 Å². The van der Waals surface area contributed by atoms with Gasteiger partial charge in [-0.3, -0.25) is 9.59 Å². The Bertz CT molecular complexity index is 1470. The SMILES string of the molecule is CC(C)(C)c1ccc(NC(=O)c2ccc3n2Cc2ccccc2N(C(=O)COc2ccc(Cl)cc2)C3)cc1. The number of nitrogens with one attached hydrogen (secondary N) is 1. The molecule has 7 heteroatoms. The van der Waals surface area contributed by atoms with Gasteiger partial charge < -0.3 is 19.5 Å². The summed E-state index contributed by atoms with van der Waals surface area (Å²) < 4.78 is 7.72. The van der Waals surface area contributed by atoms with Gasteiger partial charge >= 0.3 is 0 Å². The van der Waals surface area contributed by atoms with Crippen molar-refractivity contribution in [3.63, 3.8) is 0 Å². The minimum atomic E-state index is -0.192. The lowest BCUT2D eigenvalue weighted by atomic mass is 9.87. The number of rotatable bonds is 5. The lowest BCUT2D eigenvalue weighted by Gasteiger charge is -2.22. The molecule has 0 aliphatic carbocycles. The molecule has 0 fully saturated rings. The van der Waals surface area contributed by atoms with Crippen LogP contribution in [0.25, 0.3) is 0 Å². The molecule has 0 saturated heterocycles. The van der Waals surface area contributed by atoms with Gasteiger partial charge in [0.05, 0.1) is 13.1 Å². The molecule has 2 amide bonds. The second-order valence-corrected chi connectivity index (χ2v) is 10.9. The van der Waals surface area contributed by atoms with Gasteiger partial charge in [-0.2, -0.15) is 0 Å². The second-order valence-electron chi connectivity index (χ2n) is 10.4. The minimum Gasteiger partial charge on any atom is -0.484 e. The predicted molar refractivity (Wildman–Crippen MR) is 151 cm³/mol. The molecule has 6 nitrogen and oxygen atoms in total. The molecule has 0 radical (unpaired) electrons. The van der Waals surface area contributed by atoms with Crippen molar-refractivity contribution in [2.75, 3.05) is 16.8 Å². The molecule has 0 atom stereocenters. The van der Waals surface area contributed by atoms with E-state index < -0.39 is 0 Å². The molecule has 0 unspecified atom stereocenters. The third-order valence-corrected chi connectivity index (χ3v) is 6.97. The number of nitrogens with zero attached hydrogens (tertiary/aromatic N) is 2. The van der Waals surface area contributed by atoms with Crippen molar-refractivity contribution in [1.29, 1.82) is 0 Å². The highest BCUT2D eigenvalue weighted by molar-refractivity contribution is 6.30. The van der Waals surface area contributed by atoms with Crippen LogP contribution in [-0.4, -0.2) is 23.0 Å². The first-order valence-electron chi connectivity index (χ1n) is 12.6. The maximum Gasteiger partial charge on any atom is 0.272 e. The van der Waals surface area contributed by atoms with Crippen molar-refractivity contribution in [3.05, 3.63) is 112 Å². The average Bonchev–Trinajstić information content (AvgIpc) is 3.21. The molecule has 38 heavy (non-hydrogen) atoms. The first kappa shape index (κ1) is 25.6. The van der Waals surface area contributed by atoms with E-state index in [1.807, 2.05) is 65.2 Å². The van der Waals surface area contributed by atoms with Crippen LogP contribution in [0.3, 0.4) is 0 Å². The van der Waals surface area contributed by atoms with Crippen LogP contribution < -0.4 is 15.0 Å². The van der Waals surface area contributed by atoms with E-state index in [0.717, 1.165) is 22.6 Å². The molecule has 3 aromatic carbocycles. The first-order valence-corrected chi connectivity index (χ1v) is 12.9. The lowest BCUT2D eigenvalue weighted by Crippen LogP contribution is -2.34. The van der Waals surface area contributed by atoms with Gasteiger partial charge in [-0.15, -0.1) is 0 Å². The molecule has 1 aromatic heterocycles. The van der Waals surface area contributed by atoms with E-state index in [2.05, 4.69) is 26.1 Å². The molecule has 0 bridgehead atoms. The van der Waals surface area contributed by atoms with Crippen LogP contribution in [-0.2, 0) is 23.3 Å². The second kappa shape index (κ2) is 10.4. The van der Waals surface area contributed by atoms with Crippen LogP contribution >= 0.6 is 11.6 Å². The van der Waals surface area contributed by atoms with Gasteiger partial charge in [0.15, 0.2) is 6.61 Å². The summed E-state index contributed by atoms with van der Waals surface area (Å²) in [5.41, 5.74) is 5.15. The topological polar surface area (TPSA) is 63.6 Å². The number of para-hydroxylation sites is 1. The highest BCUT2D eigenvalue weighted by atomic mass is 35.5. The average molecular weight is 528 g/mol. The number of carbonyl (C=O) groups excluding carboxylic acids is 2. The van der Waals surface area contributed by atoms with Crippen molar-refractivity contribution in [2.45, 2.75) is 39.3 Å². The molecule has 1 aliphatic heterocycles. The van der Waals surface area contributed by atoms with E-state index in [0.29, 0.717) is 29.6 Å². The van der Waals surface area contributed by atoms with Gasteiger partial charge in [0.25, 0.3) is 11.8 Å². The van der Waals surface area contributed by atoms with E-state index in [1.165, 1.54) is 5.56 Å². The number of hydrogen-bond acceptors (Lipinski definition) is 3. The summed E-state index contributed by atoms with van der Waals surface area (Å²) in [5.74, 6) is 0.207. The summed E-state index contributed by atoms with van der Waals surface area (Å²) in [4.78, 5) is 28.4. The zero-order valence-corrected chi connectivity index (χ0v) is 22.5. The van der Waals surface area contributed by atoms with Crippen molar-refractivity contribution >= 4 is 34.8 Å². The van der Waals surface area contributed by atoms with Crippen molar-refractivity contribution < 1.29 is 14.3 Å². The highest BCUT2D eigenvalue weighted by Gasteiger charge is 2.27. The van der Waals surface area contributed by atoms with Crippen molar-refractivity contribution in [1.82, 2.24) is 4.57 Å². The van der Waals surface area contributed by atoms with Gasteiger partial charge in [0.2, 0.25) is 0 Å². The number of anilines is 2. The Morgan fingerprint density at radius 1 is 0.895 bits per heavy atom. The Morgan fingerprint density at radius 2 is 1.61 bits per heavy atom. The molecule has 194 valence electrons. The Labute approximate surface area is 227 Å². The van der Waals surface area contributed by atoms with Crippen LogP contribution in [0.4, 0.5) is 11.4 Å². The van der Waals surface area contributed by atoms with E-state index >= 15 is 0 Å². The molecule has 2 heterocycles. The predicted octanol–water partition coefficient (Wildman–Crippen LogP) is 6.67. The summed E-state index contributed by atoms with van der Waals surface area (Å²) in [6.07, 6.45) is 0. The third-order valence-electron chi connectivity index (χ3n) is 6.72. The minimum absolute atomic E-state index is 0.0396. The Morgan fingerprint density at radius 3 is 2.32 bits per heavy atom. The number of amides is 2. The normalized spacial score (nSPS) is 12.8. The highest BCUT2D eigenvalue weighted by Crippen LogP contribution is 2.30. The van der Waals surface area contributed by atoms with Crippen molar-refractivity contribution in [3.8, 4) is 5.75 Å². The number of benzene rings is 3. The van der Waals surface area contributed by atoms with E-state index in [9.17, 15) is 9.59 Å². The maximum atomic E-state index is 13.3. The fraction of sp³-hybridized carbons (Fsp3) is 0.226. The van der Waals surface area contributed by atoms with Gasteiger partial charge in [-0.1, -0.05) is 62.7 Å². The Balaban J connectivity index is 1.37. The fourth-order valence-electron chi connectivity index (χ4n) is 4.58. The van der Waals surface area contributed by atoms with Crippen LogP contribution in [0.5, 0.6) is 5.75 Å². The summed E-state index contributed by atoms with van der Waals surface area (Å²) in [5, 5.41) is 3.63. The summed E-state index contributed by atoms with van der Waals surface area (Å²) >= 11 is 5.95. The first-order chi connectivity index (χ1) is 18.2. The largest absolute Gasteiger partial charge is 0.484 e. The zero-order chi connectivity index (χ0) is 26.9. The molecular formula is C31H30ClN3O3. The number of carbonyl (C=O) groups is 2. The lowest BCUT2D eigenvalue weighted by molar-refractivity contribution is -0.120. The van der Waals surface area contributed by atoms with Crippen LogP contribution in [0, 0.1) is 0 Å². The van der Waals surface area contributed by atoms with Gasteiger partial charge in [-0.05, 0) is 71.1 Å². The van der Waals surface area contributed by atoms with Crippen LogP contribution in [0.15, 0.2) is 84.9 Å². The number of aromatic nitrogens is 1. The van der Waals surface area contributed by atoms with Crippen LogP contribution in [0.2, 0.25) is 5.02 Å². The molecule has 5 rings (SSSR count). The smallest absolute Gasteiger partial charge is 0.272 e. The molecule has 1 N–H and O–H groups in total. The monoisotopic (exact) mass is 527 g/mol. The zero-order valence-electron chi connectivity index (χ0n) is 21.7. The summed E-state index contributed by atoms with van der Waals surface area (Å²) in [7, 11) is 0. The van der Waals surface area contributed by atoms with E-state index in [1.54, 1.807) is 29.2 Å². The molecule has 0 spiro atoms. The van der Waals surface area contributed by atoms with Gasteiger partial charge in [0.1, 0.15) is 11.4 Å². The number of halogens is 1.